The summed E-state index contributed by atoms with van der Waals surface area (Å²) in [5, 5.41) is 16.4. The molecule has 1 amide bonds. The number of nitrogens with zero attached hydrogens (tertiary/aromatic N) is 3. The van der Waals surface area contributed by atoms with Gasteiger partial charge in [0.25, 0.3) is 0 Å². The molecule has 7 nitrogen and oxygen atoms in total. The highest BCUT2D eigenvalue weighted by molar-refractivity contribution is 7.99. The molecular formula is C25H23Cl2N5O2S. The third-order valence-electron chi connectivity index (χ3n) is 5.05. The molecule has 4 aromatic rings. The zero-order valence-corrected chi connectivity index (χ0v) is 21.2. The first-order valence-corrected chi connectivity index (χ1v) is 12.5. The number of nitrogens with one attached hydrogen (secondary N) is 2. The Morgan fingerprint density at radius 2 is 1.69 bits per heavy atom. The van der Waals surface area contributed by atoms with Gasteiger partial charge in [-0.3, -0.25) is 9.36 Å². The van der Waals surface area contributed by atoms with Gasteiger partial charge >= 0.3 is 0 Å². The van der Waals surface area contributed by atoms with E-state index < -0.39 is 0 Å². The highest BCUT2D eigenvalue weighted by atomic mass is 35.5. The van der Waals surface area contributed by atoms with Crippen molar-refractivity contribution in [2.75, 3.05) is 23.5 Å². The number of thioether (sulfide) groups is 1. The number of halogens is 2. The second-order valence-corrected chi connectivity index (χ2v) is 9.24. The molecule has 0 bridgehead atoms. The number of rotatable bonds is 10. The van der Waals surface area contributed by atoms with E-state index in [0.717, 1.165) is 22.9 Å². The van der Waals surface area contributed by atoms with Gasteiger partial charge in [-0.05, 0) is 36.4 Å². The molecule has 0 aliphatic rings. The van der Waals surface area contributed by atoms with Gasteiger partial charge in [-0.2, -0.15) is 0 Å². The first kappa shape index (κ1) is 24.9. The van der Waals surface area contributed by atoms with Gasteiger partial charge in [0, 0.05) is 17.9 Å². The predicted octanol–water partition coefficient (Wildman–Crippen LogP) is 6.32. The van der Waals surface area contributed by atoms with Crippen LogP contribution in [0.25, 0.3) is 5.69 Å². The Balaban J connectivity index is 1.46. The fourth-order valence-electron chi connectivity index (χ4n) is 3.36. The van der Waals surface area contributed by atoms with Crippen molar-refractivity contribution in [1.82, 2.24) is 14.8 Å². The first-order valence-electron chi connectivity index (χ1n) is 10.8. The summed E-state index contributed by atoms with van der Waals surface area (Å²) in [5.41, 5.74) is 2.22. The molecule has 0 radical (unpaired) electrons. The maximum Gasteiger partial charge on any atom is 0.225 e. The quantitative estimate of drug-likeness (QED) is 0.235. The normalized spacial score (nSPS) is 10.7. The summed E-state index contributed by atoms with van der Waals surface area (Å²) >= 11 is 13.7. The molecule has 0 saturated carbocycles. The summed E-state index contributed by atoms with van der Waals surface area (Å²) in [6.07, 6.45) is 0.253. The Labute approximate surface area is 217 Å². The smallest absolute Gasteiger partial charge is 0.225 e. The molecular weight excluding hydrogens is 505 g/mol. The number of anilines is 2. The molecule has 1 aromatic heterocycles. The SMILES string of the molecule is COc1ccccc1NCc1nnc(SCCC(=O)Nc2c(Cl)cccc2Cl)n1-c1ccccc1. The Morgan fingerprint density at radius 3 is 2.43 bits per heavy atom. The number of hydrogen-bond donors (Lipinski definition) is 2. The van der Waals surface area contributed by atoms with Crippen LogP contribution < -0.4 is 15.4 Å². The van der Waals surface area contributed by atoms with Crippen LogP contribution in [0.4, 0.5) is 11.4 Å². The van der Waals surface area contributed by atoms with Gasteiger partial charge in [0.05, 0.1) is 35.1 Å². The van der Waals surface area contributed by atoms with Crippen molar-refractivity contribution in [3.05, 3.63) is 88.7 Å². The van der Waals surface area contributed by atoms with Crippen molar-refractivity contribution in [2.24, 2.45) is 0 Å². The van der Waals surface area contributed by atoms with Crippen LogP contribution in [0.5, 0.6) is 5.75 Å². The maximum absolute atomic E-state index is 12.5. The second kappa shape index (κ2) is 12.0. The lowest BCUT2D eigenvalue weighted by molar-refractivity contribution is -0.115. The number of ether oxygens (including phenoxy) is 1. The maximum atomic E-state index is 12.5. The lowest BCUT2D eigenvalue weighted by atomic mass is 10.3. The minimum Gasteiger partial charge on any atom is -0.495 e. The molecule has 4 rings (SSSR count). The average Bonchev–Trinajstić information content (AvgIpc) is 3.28. The van der Waals surface area contributed by atoms with E-state index in [1.165, 1.54) is 11.8 Å². The van der Waals surface area contributed by atoms with Gasteiger partial charge in [0.15, 0.2) is 11.0 Å². The van der Waals surface area contributed by atoms with Crippen LogP contribution in [0, 0.1) is 0 Å². The van der Waals surface area contributed by atoms with E-state index in [-0.39, 0.29) is 12.3 Å². The summed E-state index contributed by atoms with van der Waals surface area (Å²) in [5.74, 6) is 1.80. The average molecular weight is 528 g/mol. The Kier molecular flexibility index (Phi) is 8.52. The van der Waals surface area contributed by atoms with Crippen molar-refractivity contribution in [3.63, 3.8) is 0 Å². The van der Waals surface area contributed by atoms with Crippen LogP contribution in [0.3, 0.4) is 0 Å². The lowest BCUT2D eigenvalue weighted by Crippen LogP contribution is -2.13. The van der Waals surface area contributed by atoms with Gasteiger partial charge in [-0.15, -0.1) is 10.2 Å². The summed E-state index contributed by atoms with van der Waals surface area (Å²) < 4.78 is 7.40. The van der Waals surface area contributed by atoms with E-state index in [0.29, 0.717) is 33.2 Å². The van der Waals surface area contributed by atoms with Crippen LogP contribution in [0.1, 0.15) is 12.2 Å². The molecule has 0 spiro atoms. The van der Waals surface area contributed by atoms with E-state index in [9.17, 15) is 4.79 Å². The van der Waals surface area contributed by atoms with E-state index in [1.807, 2.05) is 59.2 Å². The second-order valence-electron chi connectivity index (χ2n) is 7.37. The van der Waals surface area contributed by atoms with Gasteiger partial charge in [0.1, 0.15) is 5.75 Å². The zero-order valence-electron chi connectivity index (χ0n) is 18.9. The van der Waals surface area contributed by atoms with E-state index in [1.54, 1.807) is 25.3 Å². The number of aromatic nitrogens is 3. The fraction of sp³-hybridized carbons (Fsp3) is 0.160. The standard InChI is InChI=1S/C25H23Cl2N5O2S/c1-34-21-13-6-5-12-20(21)28-16-22-30-31-25(32(22)17-8-3-2-4-9-17)35-15-14-23(33)29-24-18(26)10-7-11-19(24)27/h2-13,28H,14-16H2,1H3,(H,29,33). The molecule has 10 heteroatoms. The molecule has 0 aliphatic carbocycles. The van der Waals surface area contributed by atoms with Crippen molar-refractivity contribution >= 4 is 52.2 Å². The summed E-state index contributed by atoms with van der Waals surface area (Å²) in [7, 11) is 1.64. The van der Waals surface area contributed by atoms with Crippen LogP contribution in [0.15, 0.2) is 78.0 Å². The molecule has 0 atom stereocenters. The number of hydrogen-bond acceptors (Lipinski definition) is 6. The highest BCUT2D eigenvalue weighted by Crippen LogP contribution is 2.30. The Hall–Kier alpha value is -3.20. The number of methoxy groups -OCH3 is 1. The van der Waals surface area contributed by atoms with Crippen molar-refractivity contribution in [1.29, 1.82) is 0 Å². The molecule has 35 heavy (non-hydrogen) atoms. The van der Waals surface area contributed by atoms with Crippen molar-refractivity contribution in [3.8, 4) is 11.4 Å². The molecule has 0 aliphatic heterocycles. The zero-order chi connectivity index (χ0) is 24.6. The van der Waals surface area contributed by atoms with E-state index >= 15 is 0 Å². The third kappa shape index (κ3) is 6.28. The van der Waals surface area contributed by atoms with Gasteiger partial charge in [-0.25, -0.2) is 0 Å². The third-order valence-corrected chi connectivity index (χ3v) is 6.61. The van der Waals surface area contributed by atoms with Crippen LogP contribution >= 0.6 is 35.0 Å². The van der Waals surface area contributed by atoms with E-state index in [2.05, 4.69) is 20.8 Å². The van der Waals surface area contributed by atoms with Crippen molar-refractivity contribution < 1.29 is 9.53 Å². The van der Waals surface area contributed by atoms with Crippen LogP contribution in [0.2, 0.25) is 10.0 Å². The summed E-state index contributed by atoms with van der Waals surface area (Å²) in [6.45, 7) is 0.439. The number of benzene rings is 3. The molecule has 3 aromatic carbocycles. The lowest BCUT2D eigenvalue weighted by Gasteiger charge is -2.13. The topological polar surface area (TPSA) is 81.1 Å². The van der Waals surface area contributed by atoms with Gasteiger partial charge in [-0.1, -0.05) is 71.4 Å². The Morgan fingerprint density at radius 1 is 0.971 bits per heavy atom. The first-order chi connectivity index (χ1) is 17.1. The summed E-state index contributed by atoms with van der Waals surface area (Å²) in [6, 6.07) is 22.7. The van der Waals surface area contributed by atoms with Gasteiger partial charge in [0.2, 0.25) is 5.91 Å². The predicted molar refractivity (Wildman–Crippen MR) is 142 cm³/mol. The number of carbonyl (C=O) groups is 1. The highest BCUT2D eigenvalue weighted by Gasteiger charge is 2.16. The van der Waals surface area contributed by atoms with Gasteiger partial charge < -0.3 is 15.4 Å². The van der Waals surface area contributed by atoms with Crippen molar-refractivity contribution in [2.45, 2.75) is 18.1 Å². The molecule has 0 unspecified atom stereocenters. The number of para-hydroxylation sites is 4. The largest absolute Gasteiger partial charge is 0.495 e. The minimum absolute atomic E-state index is 0.184. The fourth-order valence-corrected chi connectivity index (χ4v) is 4.76. The van der Waals surface area contributed by atoms with Crippen LogP contribution in [-0.4, -0.2) is 33.5 Å². The molecule has 180 valence electrons. The number of carbonyl (C=O) groups excluding carboxylic acids is 1. The molecule has 1 heterocycles. The molecule has 2 N–H and O–H groups in total. The Bertz CT molecular complexity index is 1280. The summed E-state index contributed by atoms with van der Waals surface area (Å²) in [4.78, 5) is 12.5. The molecule has 0 saturated heterocycles. The minimum atomic E-state index is -0.184. The monoisotopic (exact) mass is 527 g/mol. The van der Waals surface area contributed by atoms with Crippen LogP contribution in [-0.2, 0) is 11.3 Å². The number of amides is 1. The van der Waals surface area contributed by atoms with E-state index in [4.69, 9.17) is 27.9 Å². The molecule has 0 fully saturated rings.